The second kappa shape index (κ2) is 9.11. The van der Waals surface area contributed by atoms with E-state index in [1.54, 1.807) is 15.5 Å². The van der Waals surface area contributed by atoms with Crippen molar-refractivity contribution in [2.24, 2.45) is 0 Å². The molecule has 5 nitrogen and oxygen atoms in total. The molecule has 0 atom stereocenters. The molecule has 7 heteroatoms. The molecule has 3 aromatic carbocycles. The minimum atomic E-state index is -0.162. The third-order valence-corrected chi connectivity index (χ3v) is 7.05. The average Bonchev–Trinajstić information content (AvgIpc) is 3.06. The summed E-state index contributed by atoms with van der Waals surface area (Å²) < 4.78 is 3.45. The van der Waals surface area contributed by atoms with E-state index in [1.807, 2.05) is 67.6 Å². The Kier molecular flexibility index (Phi) is 6.16. The number of hydrogen-bond acceptors (Lipinski definition) is 3. The molecular weight excluding hydrogens is 605 g/mol. The fraction of sp³-hybridized carbons (Fsp3) is 0.148. The van der Waals surface area contributed by atoms with Crippen molar-refractivity contribution >= 4 is 72.7 Å². The number of amides is 1. The van der Waals surface area contributed by atoms with Crippen LogP contribution < -0.4 is 10.5 Å². The number of aromatic nitrogens is 2. The number of nitrogens with zero attached hydrogens (tertiary/aromatic N) is 3. The summed E-state index contributed by atoms with van der Waals surface area (Å²) in [6.45, 7) is 4.68. The van der Waals surface area contributed by atoms with Crippen molar-refractivity contribution in [3.63, 3.8) is 0 Å². The lowest BCUT2D eigenvalue weighted by molar-refractivity contribution is -0.113. The maximum Gasteiger partial charge on any atom is 0.266 e. The number of benzene rings is 3. The van der Waals surface area contributed by atoms with Gasteiger partial charge < -0.3 is 4.90 Å². The first-order valence-electron chi connectivity index (χ1n) is 11.0. The van der Waals surface area contributed by atoms with E-state index in [9.17, 15) is 9.59 Å². The zero-order valence-electron chi connectivity index (χ0n) is 18.7. The van der Waals surface area contributed by atoms with E-state index < -0.39 is 0 Å². The monoisotopic (exact) mass is 625 g/mol. The topological polar surface area (TPSA) is 55.2 Å². The summed E-state index contributed by atoms with van der Waals surface area (Å²) in [6, 6.07) is 19.2. The van der Waals surface area contributed by atoms with Gasteiger partial charge in [-0.25, -0.2) is 4.98 Å². The Morgan fingerprint density at radius 2 is 1.79 bits per heavy atom. The fourth-order valence-electron chi connectivity index (χ4n) is 4.26. The Morgan fingerprint density at radius 3 is 2.53 bits per heavy atom. The number of carbonyl (C=O) groups is 1. The van der Waals surface area contributed by atoms with Crippen LogP contribution in [0.1, 0.15) is 30.3 Å². The SMILES string of the molecule is CCCN1C(=O)C(=Cc2nc3ccc(I)cc3c(=O)n2-c2ccc(C)cc2)c2cc(Br)ccc21. The van der Waals surface area contributed by atoms with Crippen molar-refractivity contribution in [3.8, 4) is 5.69 Å². The number of carbonyl (C=O) groups excluding carboxylic acids is 1. The van der Waals surface area contributed by atoms with Crippen molar-refractivity contribution in [3.05, 3.63) is 96.0 Å². The number of rotatable bonds is 4. The molecule has 0 unspecified atom stereocenters. The lowest BCUT2D eigenvalue weighted by atomic mass is 10.1. The van der Waals surface area contributed by atoms with E-state index in [-0.39, 0.29) is 11.5 Å². The Hall–Kier alpha value is -2.78. The summed E-state index contributed by atoms with van der Waals surface area (Å²) >= 11 is 5.73. The molecule has 5 rings (SSSR count). The number of hydrogen-bond donors (Lipinski definition) is 0. The van der Waals surface area contributed by atoms with E-state index in [2.05, 4.69) is 45.4 Å². The van der Waals surface area contributed by atoms with Crippen molar-refractivity contribution in [2.75, 3.05) is 11.4 Å². The van der Waals surface area contributed by atoms with Gasteiger partial charge in [-0.2, -0.15) is 0 Å². The van der Waals surface area contributed by atoms with Crippen LogP contribution in [-0.4, -0.2) is 22.0 Å². The van der Waals surface area contributed by atoms with Gasteiger partial charge in [-0.1, -0.05) is 40.5 Å². The highest BCUT2D eigenvalue weighted by Gasteiger charge is 2.32. The average molecular weight is 626 g/mol. The molecule has 1 aliphatic heterocycles. The molecule has 0 saturated heterocycles. The van der Waals surface area contributed by atoms with Crippen LogP contribution in [0.3, 0.4) is 0 Å². The molecule has 1 amide bonds. The predicted molar refractivity (Wildman–Crippen MR) is 149 cm³/mol. The highest BCUT2D eigenvalue weighted by molar-refractivity contribution is 14.1. The van der Waals surface area contributed by atoms with Gasteiger partial charge in [0.1, 0.15) is 5.82 Å². The summed E-state index contributed by atoms with van der Waals surface area (Å²) in [4.78, 5) is 33.8. The highest BCUT2D eigenvalue weighted by atomic mass is 127. The third kappa shape index (κ3) is 4.01. The summed E-state index contributed by atoms with van der Waals surface area (Å²) in [5, 5.41) is 0.545. The van der Waals surface area contributed by atoms with Gasteiger partial charge in [-0.05, 0) is 90.5 Å². The van der Waals surface area contributed by atoms with Crippen LogP contribution in [-0.2, 0) is 4.79 Å². The zero-order chi connectivity index (χ0) is 24.0. The zero-order valence-corrected chi connectivity index (χ0v) is 22.4. The first-order valence-corrected chi connectivity index (χ1v) is 12.9. The lowest BCUT2D eigenvalue weighted by Gasteiger charge is -2.15. The molecule has 1 aliphatic rings. The van der Waals surface area contributed by atoms with E-state index in [0.717, 1.165) is 31.3 Å². The molecule has 0 spiro atoms. The van der Waals surface area contributed by atoms with Crippen LogP contribution in [0.25, 0.3) is 28.2 Å². The van der Waals surface area contributed by atoms with E-state index >= 15 is 0 Å². The Labute approximate surface area is 219 Å². The summed E-state index contributed by atoms with van der Waals surface area (Å²) in [5.41, 5.74) is 4.49. The van der Waals surface area contributed by atoms with Gasteiger partial charge in [0, 0.05) is 20.2 Å². The van der Waals surface area contributed by atoms with Crippen LogP contribution in [0.5, 0.6) is 0 Å². The molecule has 0 aliphatic carbocycles. The van der Waals surface area contributed by atoms with Gasteiger partial charge in [0.15, 0.2) is 0 Å². The van der Waals surface area contributed by atoms with Crippen molar-refractivity contribution in [1.29, 1.82) is 0 Å². The third-order valence-electron chi connectivity index (χ3n) is 5.88. The van der Waals surface area contributed by atoms with Crippen LogP contribution in [0, 0.1) is 10.5 Å². The smallest absolute Gasteiger partial charge is 0.266 e. The molecule has 0 N–H and O–H groups in total. The Bertz CT molecular complexity index is 1540. The molecular formula is C27H21BrIN3O2. The lowest BCUT2D eigenvalue weighted by Crippen LogP contribution is -2.27. The Balaban J connectivity index is 1.80. The van der Waals surface area contributed by atoms with Crippen LogP contribution in [0.4, 0.5) is 5.69 Å². The number of fused-ring (bicyclic) bond motifs is 2. The van der Waals surface area contributed by atoms with E-state index in [4.69, 9.17) is 4.98 Å². The van der Waals surface area contributed by atoms with Gasteiger partial charge in [0.25, 0.3) is 11.5 Å². The highest BCUT2D eigenvalue weighted by Crippen LogP contribution is 2.39. The molecule has 0 saturated carbocycles. The quantitative estimate of drug-likeness (QED) is 0.196. The molecule has 170 valence electrons. The van der Waals surface area contributed by atoms with Crippen LogP contribution in [0.2, 0.25) is 0 Å². The molecule has 0 bridgehead atoms. The number of anilines is 1. The number of aryl methyl sites for hydroxylation is 1. The second-order valence-corrected chi connectivity index (χ2v) is 10.4. The largest absolute Gasteiger partial charge is 0.308 e. The van der Waals surface area contributed by atoms with Gasteiger partial charge in [0.2, 0.25) is 0 Å². The maximum absolute atomic E-state index is 13.7. The van der Waals surface area contributed by atoms with Gasteiger partial charge in [-0.3, -0.25) is 14.2 Å². The summed E-state index contributed by atoms with van der Waals surface area (Å²) in [6.07, 6.45) is 2.59. The van der Waals surface area contributed by atoms with Crippen molar-refractivity contribution in [1.82, 2.24) is 9.55 Å². The van der Waals surface area contributed by atoms with Gasteiger partial charge >= 0.3 is 0 Å². The van der Waals surface area contributed by atoms with E-state index in [0.29, 0.717) is 34.5 Å². The first kappa shape index (κ1) is 23.0. The Morgan fingerprint density at radius 1 is 1.03 bits per heavy atom. The standard InChI is InChI=1S/C27H21BrIN3O2/c1-3-12-31-24-11-6-17(28)13-20(24)21(26(31)33)15-25-30-23-10-7-18(29)14-22(23)27(34)32(25)19-8-4-16(2)5-9-19/h4-11,13-15H,3,12H2,1-2H3. The van der Waals surface area contributed by atoms with Crippen LogP contribution >= 0.6 is 38.5 Å². The molecule has 0 fully saturated rings. The summed E-state index contributed by atoms with van der Waals surface area (Å²) in [5.74, 6) is 0.345. The maximum atomic E-state index is 13.7. The molecule has 2 heterocycles. The van der Waals surface area contributed by atoms with Crippen LogP contribution in [0.15, 0.2) is 69.9 Å². The van der Waals surface area contributed by atoms with Crippen molar-refractivity contribution < 1.29 is 4.79 Å². The normalized spacial score (nSPS) is 14.3. The summed E-state index contributed by atoms with van der Waals surface area (Å²) in [7, 11) is 0. The molecule has 34 heavy (non-hydrogen) atoms. The number of halogens is 2. The fourth-order valence-corrected chi connectivity index (χ4v) is 5.11. The van der Waals surface area contributed by atoms with Gasteiger partial charge in [-0.15, -0.1) is 0 Å². The molecule has 0 radical (unpaired) electrons. The second-order valence-electron chi connectivity index (χ2n) is 8.28. The minimum Gasteiger partial charge on any atom is -0.308 e. The van der Waals surface area contributed by atoms with Gasteiger partial charge in [0.05, 0.1) is 27.9 Å². The molecule has 1 aromatic heterocycles. The first-order chi connectivity index (χ1) is 16.4. The molecule has 4 aromatic rings. The van der Waals surface area contributed by atoms with Crippen molar-refractivity contribution in [2.45, 2.75) is 20.3 Å². The van der Waals surface area contributed by atoms with E-state index in [1.165, 1.54) is 0 Å². The predicted octanol–water partition coefficient (Wildman–Crippen LogP) is 6.36. The minimum absolute atomic E-state index is 0.0811.